The van der Waals surface area contributed by atoms with Gasteiger partial charge in [0.05, 0.1) is 5.56 Å². The van der Waals surface area contributed by atoms with E-state index in [4.69, 9.17) is 0 Å². The van der Waals surface area contributed by atoms with E-state index >= 15 is 0 Å². The van der Waals surface area contributed by atoms with Crippen molar-refractivity contribution in [3.8, 4) is 0 Å². The van der Waals surface area contributed by atoms with Gasteiger partial charge in [-0.1, -0.05) is 27.4 Å². The first-order chi connectivity index (χ1) is 5.93. The van der Waals surface area contributed by atoms with Gasteiger partial charge in [0.2, 0.25) is 0 Å². The van der Waals surface area contributed by atoms with Crippen LogP contribution in [0.25, 0.3) is 0 Å². The van der Waals surface area contributed by atoms with Crippen molar-refractivity contribution in [2.24, 2.45) is 0 Å². The number of rotatable bonds is 1. The number of halogens is 3. The Morgan fingerprint density at radius 1 is 1.23 bits per heavy atom. The standard InChI is InChI=1S/C8H6F3OP/c9-8(10,11)6-4-2-1-3-5(6)7(12)13/h1-4H,13H2. The fourth-order valence-corrected chi connectivity index (χ4v) is 1.20. The summed E-state index contributed by atoms with van der Waals surface area (Å²) < 4.78 is 36.7. The van der Waals surface area contributed by atoms with Crippen molar-refractivity contribution < 1.29 is 18.0 Å². The molecule has 0 aliphatic rings. The highest BCUT2D eigenvalue weighted by molar-refractivity contribution is 7.41. The predicted octanol–water partition coefficient (Wildman–Crippen LogP) is 2.72. The van der Waals surface area contributed by atoms with E-state index in [1.807, 2.05) is 0 Å². The lowest BCUT2D eigenvalue weighted by Gasteiger charge is -2.09. The molecule has 0 spiro atoms. The molecule has 0 aromatic heterocycles. The first kappa shape index (κ1) is 10.2. The maximum absolute atomic E-state index is 12.2. The second-order valence-electron chi connectivity index (χ2n) is 2.41. The maximum Gasteiger partial charge on any atom is 0.417 e. The third-order valence-corrected chi connectivity index (χ3v) is 1.81. The smallest absolute Gasteiger partial charge is 0.290 e. The molecule has 70 valence electrons. The molecule has 1 rings (SSSR count). The number of carbonyl (C=O) groups is 1. The summed E-state index contributed by atoms with van der Waals surface area (Å²) in [5.41, 5.74) is -1.87. The summed E-state index contributed by atoms with van der Waals surface area (Å²) >= 11 is 0. The maximum atomic E-state index is 12.2. The van der Waals surface area contributed by atoms with Crippen LogP contribution in [0, 0.1) is 0 Å². The van der Waals surface area contributed by atoms with E-state index in [-0.39, 0.29) is 5.56 Å². The van der Waals surface area contributed by atoms with Crippen LogP contribution in [0.1, 0.15) is 15.9 Å². The van der Waals surface area contributed by atoms with Crippen molar-refractivity contribution in [2.45, 2.75) is 6.18 Å². The minimum absolute atomic E-state index is 0.319. The quantitative estimate of drug-likeness (QED) is 0.645. The molecule has 1 atom stereocenters. The second-order valence-corrected chi connectivity index (χ2v) is 2.93. The molecule has 1 aromatic carbocycles. The summed E-state index contributed by atoms with van der Waals surface area (Å²) in [7, 11) is 1.73. The zero-order chi connectivity index (χ0) is 10.1. The van der Waals surface area contributed by atoms with Gasteiger partial charge in [-0.15, -0.1) is 0 Å². The summed E-state index contributed by atoms with van der Waals surface area (Å²) in [6.07, 6.45) is -4.47. The van der Waals surface area contributed by atoms with Gasteiger partial charge in [0, 0.05) is 5.56 Å². The molecule has 1 nitrogen and oxygen atoms in total. The zero-order valence-electron chi connectivity index (χ0n) is 6.43. The fourth-order valence-electron chi connectivity index (χ4n) is 0.945. The van der Waals surface area contributed by atoms with Crippen molar-refractivity contribution in [3.05, 3.63) is 35.4 Å². The summed E-state index contributed by atoms with van der Waals surface area (Å²) in [6, 6.07) is 4.68. The topological polar surface area (TPSA) is 17.1 Å². The Bertz CT molecular complexity index is 332. The van der Waals surface area contributed by atoms with E-state index < -0.39 is 17.3 Å². The Morgan fingerprint density at radius 2 is 1.77 bits per heavy atom. The first-order valence-corrected chi connectivity index (χ1v) is 3.96. The Morgan fingerprint density at radius 3 is 2.15 bits per heavy atom. The van der Waals surface area contributed by atoms with Crippen molar-refractivity contribution in [3.63, 3.8) is 0 Å². The van der Waals surface area contributed by atoms with Gasteiger partial charge in [-0.05, 0) is 6.07 Å². The average molecular weight is 206 g/mol. The highest BCUT2D eigenvalue weighted by Crippen LogP contribution is 2.32. The molecule has 0 saturated carbocycles. The highest BCUT2D eigenvalue weighted by atomic mass is 31.0. The lowest BCUT2D eigenvalue weighted by Crippen LogP contribution is -2.10. The molecule has 0 aliphatic heterocycles. The molecular formula is C8H6F3OP. The molecule has 0 saturated heterocycles. The fraction of sp³-hybridized carbons (Fsp3) is 0.125. The van der Waals surface area contributed by atoms with Gasteiger partial charge < -0.3 is 0 Å². The van der Waals surface area contributed by atoms with Crippen LogP contribution >= 0.6 is 9.24 Å². The van der Waals surface area contributed by atoms with E-state index in [9.17, 15) is 18.0 Å². The second kappa shape index (κ2) is 3.46. The molecule has 0 heterocycles. The van der Waals surface area contributed by atoms with Crippen molar-refractivity contribution >= 4 is 14.8 Å². The first-order valence-electron chi connectivity index (χ1n) is 3.39. The minimum atomic E-state index is -4.47. The number of hydrogen-bond donors (Lipinski definition) is 0. The Labute approximate surface area is 75.1 Å². The van der Waals surface area contributed by atoms with Crippen molar-refractivity contribution in [2.75, 3.05) is 0 Å². The molecule has 13 heavy (non-hydrogen) atoms. The largest absolute Gasteiger partial charge is 0.417 e. The van der Waals surface area contributed by atoms with E-state index in [0.29, 0.717) is 0 Å². The Balaban J connectivity index is 3.28. The van der Waals surface area contributed by atoms with Gasteiger partial charge in [0.25, 0.3) is 0 Å². The lowest BCUT2D eigenvalue weighted by atomic mass is 10.1. The zero-order valence-corrected chi connectivity index (χ0v) is 7.58. The van der Waals surface area contributed by atoms with Crippen LogP contribution in [0.15, 0.2) is 24.3 Å². The normalized spacial score (nSPS) is 11.4. The van der Waals surface area contributed by atoms with Gasteiger partial charge in [-0.25, -0.2) is 0 Å². The van der Waals surface area contributed by atoms with Gasteiger partial charge in [-0.3, -0.25) is 4.79 Å². The lowest BCUT2D eigenvalue weighted by molar-refractivity contribution is -0.137. The van der Waals surface area contributed by atoms with Crippen LogP contribution < -0.4 is 0 Å². The van der Waals surface area contributed by atoms with Crippen LogP contribution in [0.4, 0.5) is 13.2 Å². The van der Waals surface area contributed by atoms with Crippen LogP contribution in [-0.4, -0.2) is 5.52 Å². The van der Waals surface area contributed by atoms with Crippen LogP contribution in [0.5, 0.6) is 0 Å². The molecule has 0 amide bonds. The molecule has 0 aliphatic carbocycles. The summed E-state index contributed by atoms with van der Waals surface area (Å²) in [4.78, 5) is 10.8. The van der Waals surface area contributed by atoms with Crippen LogP contribution in [0.3, 0.4) is 0 Å². The molecule has 1 unspecified atom stereocenters. The van der Waals surface area contributed by atoms with Crippen LogP contribution in [-0.2, 0) is 6.18 Å². The van der Waals surface area contributed by atoms with Gasteiger partial charge in [0.1, 0.15) is 0 Å². The molecule has 0 radical (unpaired) electrons. The van der Waals surface area contributed by atoms with Crippen LogP contribution in [0.2, 0.25) is 0 Å². The molecule has 0 N–H and O–H groups in total. The molecule has 0 fully saturated rings. The van der Waals surface area contributed by atoms with E-state index in [2.05, 4.69) is 0 Å². The molecular weight excluding hydrogens is 200 g/mol. The van der Waals surface area contributed by atoms with Crippen molar-refractivity contribution in [1.29, 1.82) is 0 Å². The summed E-state index contributed by atoms with van der Waals surface area (Å²) in [6.45, 7) is 0. The third kappa shape index (κ3) is 2.28. The monoisotopic (exact) mass is 206 g/mol. The Kier molecular flexibility index (Phi) is 2.71. The van der Waals surface area contributed by atoms with Gasteiger partial charge in [-0.2, -0.15) is 13.2 Å². The molecule has 5 heteroatoms. The SMILES string of the molecule is O=C(P)c1ccccc1C(F)(F)F. The number of benzene rings is 1. The van der Waals surface area contributed by atoms with E-state index in [1.54, 1.807) is 9.24 Å². The third-order valence-electron chi connectivity index (χ3n) is 1.50. The van der Waals surface area contributed by atoms with Gasteiger partial charge in [0.15, 0.2) is 5.52 Å². The average Bonchev–Trinajstić information content (AvgIpc) is 2.03. The number of hydrogen-bond acceptors (Lipinski definition) is 1. The number of carbonyl (C=O) groups excluding carboxylic acids is 1. The van der Waals surface area contributed by atoms with E-state index in [1.165, 1.54) is 12.1 Å². The predicted molar refractivity (Wildman–Crippen MR) is 45.5 cm³/mol. The summed E-state index contributed by atoms with van der Waals surface area (Å²) in [5.74, 6) is 0. The highest BCUT2D eigenvalue weighted by Gasteiger charge is 2.33. The number of alkyl halides is 3. The summed E-state index contributed by atoms with van der Waals surface area (Å²) in [5, 5.41) is 0. The molecule has 0 bridgehead atoms. The minimum Gasteiger partial charge on any atom is -0.290 e. The van der Waals surface area contributed by atoms with E-state index in [0.717, 1.165) is 12.1 Å². The van der Waals surface area contributed by atoms with Gasteiger partial charge >= 0.3 is 6.18 Å². The van der Waals surface area contributed by atoms with Crippen molar-refractivity contribution in [1.82, 2.24) is 0 Å². The molecule has 1 aromatic rings. The Hall–Kier alpha value is -0.890.